The maximum atomic E-state index is 4.00. The van der Waals surface area contributed by atoms with Gasteiger partial charge < -0.3 is 0 Å². The fraction of sp³-hybridized carbons (Fsp3) is 0.200. The first kappa shape index (κ1) is 8.65. The van der Waals surface area contributed by atoms with Crippen LogP contribution in [0.5, 0.6) is 0 Å². The van der Waals surface area contributed by atoms with E-state index in [0.29, 0.717) is 0 Å². The number of nitrogens with zero attached hydrogens (tertiary/aromatic N) is 2. The van der Waals surface area contributed by atoms with Crippen LogP contribution in [0.15, 0.2) is 52.3 Å². The first-order valence-corrected chi connectivity index (χ1v) is 3.88. The lowest BCUT2D eigenvalue weighted by Crippen LogP contribution is -1.61. The van der Waals surface area contributed by atoms with Crippen LogP contribution < -0.4 is 0 Å². The number of hydrogen-bond acceptors (Lipinski definition) is 2. The van der Waals surface area contributed by atoms with Crippen molar-refractivity contribution in [1.29, 1.82) is 0 Å². The van der Waals surface area contributed by atoms with Crippen molar-refractivity contribution in [3.05, 3.63) is 42.1 Å². The molecule has 12 heavy (non-hydrogen) atoms. The van der Waals surface area contributed by atoms with Gasteiger partial charge in [0.05, 0.1) is 5.69 Å². The number of benzene rings is 1. The summed E-state index contributed by atoms with van der Waals surface area (Å²) in [6.45, 7) is 3.98. The summed E-state index contributed by atoms with van der Waals surface area (Å²) < 4.78 is 0. The van der Waals surface area contributed by atoms with Crippen molar-refractivity contribution in [3.8, 4) is 0 Å². The highest BCUT2D eigenvalue weighted by atomic mass is 15.1. The Kier molecular flexibility index (Phi) is 3.20. The standard InChI is InChI=1S/C10H12N2/c1-9(2)8-11-12-10-6-4-3-5-7-10/h3-8H,1-2H3. The van der Waals surface area contributed by atoms with E-state index in [4.69, 9.17) is 0 Å². The zero-order chi connectivity index (χ0) is 8.81. The van der Waals surface area contributed by atoms with Gasteiger partial charge in [0.1, 0.15) is 0 Å². The van der Waals surface area contributed by atoms with Gasteiger partial charge in [0.15, 0.2) is 0 Å². The molecule has 1 aromatic carbocycles. The molecule has 0 saturated carbocycles. The molecule has 0 aliphatic heterocycles. The Morgan fingerprint density at radius 1 is 1.17 bits per heavy atom. The fourth-order valence-corrected chi connectivity index (χ4v) is 0.706. The van der Waals surface area contributed by atoms with E-state index in [-0.39, 0.29) is 0 Å². The monoisotopic (exact) mass is 160 g/mol. The first-order chi connectivity index (χ1) is 5.79. The van der Waals surface area contributed by atoms with Gasteiger partial charge in [0.25, 0.3) is 0 Å². The summed E-state index contributed by atoms with van der Waals surface area (Å²) in [7, 11) is 0. The molecule has 0 aromatic heterocycles. The zero-order valence-electron chi connectivity index (χ0n) is 7.36. The van der Waals surface area contributed by atoms with Gasteiger partial charge in [-0.25, -0.2) is 0 Å². The van der Waals surface area contributed by atoms with Crippen LogP contribution in [0.25, 0.3) is 0 Å². The smallest absolute Gasteiger partial charge is 0.0856 e. The molecule has 0 fully saturated rings. The minimum Gasteiger partial charge on any atom is -0.159 e. The average Bonchev–Trinajstić information content (AvgIpc) is 2.05. The molecule has 0 amide bonds. The minimum atomic E-state index is 0.884. The Morgan fingerprint density at radius 3 is 2.42 bits per heavy atom. The van der Waals surface area contributed by atoms with Crippen molar-refractivity contribution in [3.63, 3.8) is 0 Å². The minimum absolute atomic E-state index is 0.884. The van der Waals surface area contributed by atoms with Crippen LogP contribution in [-0.4, -0.2) is 0 Å². The molecular weight excluding hydrogens is 148 g/mol. The van der Waals surface area contributed by atoms with Gasteiger partial charge in [-0.1, -0.05) is 23.8 Å². The van der Waals surface area contributed by atoms with Gasteiger partial charge in [-0.3, -0.25) is 0 Å². The Balaban J connectivity index is 2.64. The van der Waals surface area contributed by atoms with E-state index >= 15 is 0 Å². The van der Waals surface area contributed by atoms with E-state index in [1.165, 1.54) is 0 Å². The zero-order valence-corrected chi connectivity index (χ0v) is 7.36. The van der Waals surface area contributed by atoms with E-state index in [1.807, 2.05) is 44.2 Å². The molecule has 1 aromatic rings. The third-order valence-corrected chi connectivity index (χ3v) is 1.25. The third kappa shape index (κ3) is 3.10. The maximum absolute atomic E-state index is 4.00. The topological polar surface area (TPSA) is 24.7 Å². The van der Waals surface area contributed by atoms with Crippen LogP contribution >= 0.6 is 0 Å². The maximum Gasteiger partial charge on any atom is 0.0856 e. The van der Waals surface area contributed by atoms with Gasteiger partial charge in [-0.05, 0) is 26.0 Å². The SMILES string of the molecule is CC(C)=CN=Nc1ccccc1. The van der Waals surface area contributed by atoms with E-state index in [1.54, 1.807) is 6.20 Å². The highest BCUT2D eigenvalue weighted by Crippen LogP contribution is 2.10. The second-order valence-electron chi connectivity index (χ2n) is 2.76. The predicted molar refractivity (Wildman–Crippen MR) is 50.4 cm³/mol. The molecule has 0 N–H and O–H groups in total. The summed E-state index contributed by atoms with van der Waals surface area (Å²) >= 11 is 0. The van der Waals surface area contributed by atoms with Crippen LogP contribution in [-0.2, 0) is 0 Å². The van der Waals surface area contributed by atoms with Crippen molar-refractivity contribution >= 4 is 5.69 Å². The molecule has 62 valence electrons. The van der Waals surface area contributed by atoms with Crippen LogP contribution in [0.1, 0.15) is 13.8 Å². The van der Waals surface area contributed by atoms with Crippen molar-refractivity contribution < 1.29 is 0 Å². The number of azo groups is 1. The Bertz CT molecular complexity index is 282. The lowest BCUT2D eigenvalue weighted by Gasteiger charge is -1.87. The molecule has 0 aliphatic rings. The van der Waals surface area contributed by atoms with Gasteiger partial charge in [0.2, 0.25) is 0 Å². The van der Waals surface area contributed by atoms with Crippen LogP contribution in [0.4, 0.5) is 5.69 Å². The second-order valence-corrected chi connectivity index (χ2v) is 2.76. The lowest BCUT2D eigenvalue weighted by atomic mass is 10.3. The van der Waals surface area contributed by atoms with Crippen LogP contribution in [0.3, 0.4) is 0 Å². The molecule has 2 nitrogen and oxygen atoms in total. The molecule has 0 saturated heterocycles. The largest absolute Gasteiger partial charge is 0.159 e. The molecule has 0 unspecified atom stereocenters. The highest BCUT2D eigenvalue weighted by Gasteiger charge is 1.82. The molecule has 0 atom stereocenters. The summed E-state index contributed by atoms with van der Waals surface area (Å²) in [5, 5.41) is 7.90. The second kappa shape index (κ2) is 4.44. The number of allylic oxidation sites excluding steroid dienone is 1. The first-order valence-electron chi connectivity index (χ1n) is 3.88. The lowest BCUT2D eigenvalue weighted by molar-refractivity contribution is 1.19. The average molecular weight is 160 g/mol. The van der Waals surface area contributed by atoms with E-state index in [2.05, 4.69) is 10.2 Å². The summed E-state index contributed by atoms with van der Waals surface area (Å²) in [6, 6.07) is 9.68. The molecule has 0 bridgehead atoms. The predicted octanol–water partition coefficient (Wildman–Crippen LogP) is 3.69. The van der Waals surface area contributed by atoms with Crippen LogP contribution in [0, 0.1) is 0 Å². The van der Waals surface area contributed by atoms with Crippen molar-refractivity contribution in [1.82, 2.24) is 0 Å². The van der Waals surface area contributed by atoms with Gasteiger partial charge >= 0.3 is 0 Å². The van der Waals surface area contributed by atoms with Crippen molar-refractivity contribution in [2.24, 2.45) is 10.2 Å². The Labute approximate surface area is 72.6 Å². The summed E-state index contributed by atoms with van der Waals surface area (Å²) in [4.78, 5) is 0. The summed E-state index contributed by atoms with van der Waals surface area (Å²) in [5.41, 5.74) is 2.03. The number of hydrogen-bond donors (Lipinski definition) is 0. The summed E-state index contributed by atoms with van der Waals surface area (Å²) in [6.07, 6.45) is 1.74. The number of rotatable bonds is 2. The van der Waals surface area contributed by atoms with E-state index in [9.17, 15) is 0 Å². The molecule has 0 aliphatic carbocycles. The molecule has 0 spiro atoms. The molecule has 0 heterocycles. The quantitative estimate of drug-likeness (QED) is 0.589. The van der Waals surface area contributed by atoms with Crippen molar-refractivity contribution in [2.75, 3.05) is 0 Å². The highest BCUT2D eigenvalue weighted by molar-refractivity contribution is 5.34. The molecule has 2 heteroatoms. The Morgan fingerprint density at radius 2 is 1.83 bits per heavy atom. The normalized spacial score (nSPS) is 10.2. The van der Waals surface area contributed by atoms with Gasteiger partial charge in [-0.15, -0.1) is 0 Å². The van der Waals surface area contributed by atoms with E-state index in [0.717, 1.165) is 11.3 Å². The van der Waals surface area contributed by atoms with E-state index < -0.39 is 0 Å². The molecule has 0 radical (unpaired) electrons. The third-order valence-electron chi connectivity index (χ3n) is 1.25. The van der Waals surface area contributed by atoms with Crippen molar-refractivity contribution in [2.45, 2.75) is 13.8 Å². The van der Waals surface area contributed by atoms with Crippen LogP contribution in [0.2, 0.25) is 0 Å². The molecular formula is C10H12N2. The molecule has 1 rings (SSSR count). The fourth-order valence-electron chi connectivity index (χ4n) is 0.706. The van der Waals surface area contributed by atoms with Gasteiger partial charge in [-0.2, -0.15) is 10.2 Å². The summed E-state index contributed by atoms with van der Waals surface area (Å²) in [5.74, 6) is 0. The Hall–Kier alpha value is -1.44. The van der Waals surface area contributed by atoms with Gasteiger partial charge in [0, 0.05) is 6.20 Å².